The molecule has 0 bridgehead atoms. The van der Waals surface area contributed by atoms with E-state index in [0.29, 0.717) is 23.7 Å². The van der Waals surface area contributed by atoms with Gasteiger partial charge in [0.2, 0.25) is 0 Å². The van der Waals surface area contributed by atoms with Crippen LogP contribution in [0.1, 0.15) is 44.8 Å². The number of fused-ring (bicyclic) bond motifs is 1. The first-order valence-electron chi connectivity index (χ1n) is 9.83. The average Bonchev–Trinajstić information content (AvgIpc) is 3.24. The number of aliphatic hydroxyl groups is 3. The maximum absolute atomic E-state index is 10.3. The van der Waals surface area contributed by atoms with Crippen LogP contribution in [0, 0.1) is 5.92 Å². The van der Waals surface area contributed by atoms with Gasteiger partial charge in [0.25, 0.3) is 0 Å². The van der Waals surface area contributed by atoms with Crippen molar-refractivity contribution in [2.24, 2.45) is 5.92 Å². The van der Waals surface area contributed by atoms with E-state index in [1.165, 1.54) is 43.0 Å². The molecular weight excluding hydrogens is 366 g/mol. The Morgan fingerprint density at radius 2 is 1.96 bits per heavy atom. The Kier molecular flexibility index (Phi) is 5.63. The molecule has 0 aromatic carbocycles. The van der Waals surface area contributed by atoms with Crippen LogP contribution in [-0.4, -0.2) is 66.4 Å². The Morgan fingerprint density at radius 3 is 2.68 bits per heavy atom. The van der Waals surface area contributed by atoms with Crippen molar-refractivity contribution in [1.29, 1.82) is 0 Å². The second-order valence-corrected chi connectivity index (χ2v) is 7.59. The highest BCUT2D eigenvalue weighted by Gasteiger charge is 2.44. The fraction of sp³-hybridized carbons (Fsp3) is 0.722. The van der Waals surface area contributed by atoms with Gasteiger partial charge in [-0.3, -0.25) is 4.57 Å². The lowest BCUT2D eigenvalue weighted by Gasteiger charge is -2.21. The molecule has 1 aliphatic heterocycles. The number of imidazole rings is 1. The van der Waals surface area contributed by atoms with Crippen LogP contribution in [0.2, 0.25) is 0 Å². The van der Waals surface area contributed by atoms with Gasteiger partial charge >= 0.3 is 6.01 Å². The van der Waals surface area contributed by atoms with Gasteiger partial charge in [-0.2, -0.15) is 9.97 Å². The topological polar surface area (TPSA) is 149 Å². The van der Waals surface area contributed by atoms with Crippen molar-refractivity contribution in [2.45, 2.75) is 63.1 Å². The number of nitrogen functional groups attached to an aromatic ring is 1. The average molecular weight is 393 g/mol. The molecule has 1 saturated heterocycles. The molecule has 1 aliphatic carbocycles. The van der Waals surface area contributed by atoms with E-state index in [-0.39, 0.29) is 11.8 Å². The van der Waals surface area contributed by atoms with Crippen molar-refractivity contribution in [1.82, 2.24) is 19.5 Å². The van der Waals surface area contributed by atoms with Crippen molar-refractivity contribution in [3.63, 3.8) is 0 Å². The number of aromatic nitrogens is 4. The maximum Gasteiger partial charge on any atom is 0.320 e. The molecule has 1 saturated carbocycles. The minimum Gasteiger partial charge on any atom is -0.463 e. The molecule has 0 spiro atoms. The van der Waals surface area contributed by atoms with Gasteiger partial charge in [-0.1, -0.05) is 32.1 Å². The van der Waals surface area contributed by atoms with Crippen molar-refractivity contribution < 1.29 is 24.8 Å². The molecule has 4 atom stereocenters. The predicted octanol–water partition coefficient (Wildman–Crippen LogP) is 0.369. The van der Waals surface area contributed by atoms with Gasteiger partial charge in [0.05, 0.1) is 19.5 Å². The third-order valence-corrected chi connectivity index (χ3v) is 5.70. The molecule has 10 nitrogen and oxygen atoms in total. The minimum absolute atomic E-state index is 0.148. The highest BCUT2D eigenvalue weighted by atomic mass is 16.6. The summed E-state index contributed by atoms with van der Waals surface area (Å²) in [6.07, 6.45) is 4.46. The van der Waals surface area contributed by atoms with Crippen LogP contribution in [0.25, 0.3) is 11.2 Å². The van der Waals surface area contributed by atoms with E-state index in [0.717, 1.165) is 6.42 Å². The molecule has 154 valence electrons. The first-order chi connectivity index (χ1) is 13.6. The third-order valence-electron chi connectivity index (χ3n) is 5.70. The van der Waals surface area contributed by atoms with Crippen LogP contribution in [0.5, 0.6) is 6.01 Å². The van der Waals surface area contributed by atoms with Crippen molar-refractivity contribution in [3.05, 3.63) is 6.33 Å². The van der Waals surface area contributed by atoms with Crippen LogP contribution < -0.4 is 10.5 Å². The summed E-state index contributed by atoms with van der Waals surface area (Å²) < 4.78 is 12.8. The van der Waals surface area contributed by atoms with Crippen LogP contribution in [-0.2, 0) is 4.74 Å². The van der Waals surface area contributed by atoms with E-state index in [4.69, 9.17) is 15.2 Å². The fourth-order valence-electron chi connectivity index (χ4n) is 4.07. The summed E-state index contributed by atoms with van der Waals surface area (Å²) in [7, 11) is 0. The highest BCUT2D eigenvalue weighted by molar-refractivity contribution is 5.82. The second-order valence-electron chi connectivity index (χ2n) is 7.59. The number of aliphatic hydroxyl groups excluding tert-OH is 3. The molecule has 0 amide bonds. The van der Waals surface area contributed by atoms with Gasteiger partial charge in [0, 0.05) is 0 Å². The summed E-state index contributed by atoms with van der Waals surface area (Å²) in [6, 6.07) is 0.148. The first-order valence-corrected chi connectivity index (χ1v) is 9.83. The van der Waals surface area contributed by atoms with E-state index in [1.807, 2.05) is 0 Å². The Balaban J connectivity index is 1.51. The monoisotopic (exact) mass is 393 g/mol. The van der Waals surface area contributed by atoms with Crippen molar-refractivity contribution >= 4 is 17.0 Å². The fourth-order valence-corrected chi connectivity index (χ4v) is 4.07. The SMILES string of the molecule is Nc1nc(OCCC2CCCCC2)nc2c1ncn2[C@@H]1O[C@H](CO)[C@H](O)[C@@H]1O. The van der Waals surface area contributed by atoms with Gasteiger partial charge in [0.1, 0.15) is 18.3 Å². The van der Waals surface area contributed by atoms with Crippen molar-refractivity contribution in [3.8, 4) is 6.01 Å². The summed E-state index contributed by atoms with van der Waals surface area (Å²) >= 11 is 0. The molecular formula is C18H27N5O5. The van der Waals surface area contributed by atoms with Crippen LogP contribution in [0.4, 0.5) is 5.82 Å². The van der Waals surface area contributed by atoms with E-state index >= 15 is 0 Å². The summed E-state index contributed by atoms with van der Waals surface area (Å²) in [5.41, 5.74) is 6.70. The summed E-state index contributed by atoms with van der Waals surface area (Å²) in [6.45, 7) is 0.103. The number of nitrogens with two attached hydrogens (primary N) is 1. The van der Waals surface area contributed by atoms with Gasteiger partial charge < -0.3 is 30.5 Å². The van der Waals surface area contributed by atoms with Crippen LogP contribution >= 0.6 is 0 Å². The maximum atomic E-state index is 10.3. The van der Waals surface area contributed by atoms with E-state index in [2.05, 4.69) is 15.0 Å². The Hall–Kier alpha value is -2.01. The van der Waals surface area contributed by atoms with E-state index in [1.54, 1.807) is 0 Å². The van der Waals surface area contributed by atoms with Crippen LogP contribution in [0.3, 0.4) is 0 Å². The van der Waals surface area contributed by atoms with Gasteiger partial charge in [-0.15, -0.1) is 0 Å². The number of anilines is 1. The molecule has 4 rings (SSSR count). The lowest BCUT2D eigenvalue weighted by Crippen LogP contribution is -2.33. The Labute approximate surface area is 162 Å². The normalized spacial score (nSPS) is 28.8. The highest BCUT2D eigenvalue weighted by Crippen LogP contribution is 2.32. The largest absolute Gasteiger partial charge is 0.463 e. The Bertz CT molecular complexity index is 809. The smallest absolute Gasteiger partial charge is 0.320 e. The zero-order valence-electron chi connectivity index (χ0n) is 15.6. The number of hydrogen-bond donors (Lipinski definition) is 4. The van der Waals surface area contributed by atoms with Gasteiger partial charge in [-0.05, 0) is 12.3 Å². The van der Waals surface area contributed by atoms with Gasteiger partial charge in [-0.25, -0.2) is 4.98 Å². The zero-order chi connectivity index (χ0) is 19.7. The molecule has 2 aromatic heterocycles. The molecule has 2 aliphatic rings. The third kappa shape index (κ3) is 3.64. The predicted molar refractivity (Wildman–Crippen MR) is 99.4 cm³/mol. The quantitative estimate of drug-likeness (QED) is 0.546. The standard InChI is InChI=1S/C18H27N5O5/c19-15-12-16(22-18(21-15)27-7-6-10-4-2-1-3-5-10)23(9-20-12)17-14(26)13(25)11(8-24)28-17/h9-11,13-14,17,24-26H,1-8H2,(H2,19,21,22)/t11-,13+,14+,17-/m1/s1. The van der Waals surface area contributed by atoms with Crippen molar-refractivity contribution in [2.75, 3.05) is 18.9 Å². The minimum atomic E-state index is -1.23. The second kappa shape index (κ2) is 8.16. The molecule has 0 unspecified atom stereocenters. The molecule has 5 N–H and O–H groups in total. The molecule has 3 heterocycles. The number of rotatable bonds is 6. The van der Waals surface area contributed by atoms with Crippen LogP contribution in [0.15, 0.2) is 6.33 Å². The molecule has 0 radical (unpaired) electrons. The lowest BCUT2D eigenvalue weighted by atomic mass is 9.87. The molecule has 2 aromatic rings. The first kappa shape index (κ1) is 19.3. The summed E-state index contributed by atoms with van der Waals surface area (Å²) in [4.78, 5) is 12.7. The number of nitrogens with zero attached hydrogens (tertiary/aromatic N) is 4. The summed E-state index contributed by atoms with van der Waals surface area (Å²) in [5.74, 6) is 0.849. The number of hydrogen-bond acceptors (Lipinski definition) is 9. The summed E-state index contributed by atoms with van der Waals surface area (Å²) in [5, 5.41) is 29.6. The zero-order valence-corrected chi connectivity index (χ0v) is 15.6. The van der Waals surface area contributed by atoms with E-state index in [9.17, 15) is 15.3 Å². The van der Waals surface area contributed by atoms with Gasteiger partial charge in [0.15, 0.2) is 23.2 Å². The Morgan fingerprint density at radius 1 is 1.18 bits per heavy atom. The number of ether oxygens (including phenoxy) is 2. The molecule has 28 heavy (non-hydrogen) atoms. The molecule has 10 heteroatoms. The van der Waals surface area contributed by atoms with E-state index < -0.39 is 31.1 Å². The lowest BCUT2D eigenvalue weighted by molar-refractivity contribution is -0.0511. The molecule has 2 fully saturated rings.